The largest absolute Gasteiger partial charge is 0.456 e. The zero-order valence-corrected chi connectivity index (χ0v) is 21.8. The van der Waals surface area contributed by atoms with E-state index in [-0.39, 0.29) is 52.0 Å². The van der Waals surface area contributed by atoms with Crippen LogP contribution in [-0.4, -0.2) is 51.2 Å². The maximum atomic E-state index is 12.9. The van der Waals surface area contributed by atoms with E-state index in [1.807, 2.05) is 6.07 Å². The van der Waals surface area contributed by atoms with E-state index in [1.165, 1.54) is 24.3 Å². The molecule has 2 aromatic carbocycles. The van der Waals surface area contributed by atoms with Gasteiger partial charge in [0.25, 0.3) is 5.88 Å². The van der Waals surface area contributed by atoms with Gasteiger partial charge in [0, 0.05) is 6.07 Å². The van der Waals surface area contributed by atoms with E-state index >= 15 is 0 Å². The Balaban J connectivity index is 1.79. The molecule has 1 aliphatic heterocycles. The van der Waals surface area contributed by atoms with E-state index in [1.54, 1.807) is 39.0 Å². The minimum absolute atomic E-state index is 0.0111. The van der Waals surface area contributed by atoms with E-state index in [2.05, 4.69) is 25.6 Å². The minimum atomic E-state index is -1.01. The van der Waals surface area contributed by atoms with Crippen molar-refractivity contribution >= 4 is 35.0 Å². The summed E-state index contributed by atoms with van der Waals surface area (Å²) in [6.07, 6.45) is 0. The average molecular weight is 547 g/mol. The molecular weight excluding hydrogens is 520 g/mol. The zero-order valence-electron chi connectivity index (χ0n) is 21.8. The predicted octanol–water partition coefficient (Wildman–Crippen LogP) is 2.52. The third-order valence-electron chi connectivity index (χ3n) is 5.13. The highest BCUT2D eigenvalue weighted by Gasteiger charge is 2.31. The van der Waals surface area contributed by atoms with Crippen molar-refractivity contribution in [3.05, 3.63) is 53.6 Å². The molecule has 0 saturated heterocycles. The molecule has 0 fully saturated rings. The van der Waals surface area contributed by atoms with E-state index in [9.17, 15) is 20.0 Å². The number of guanidine groups is 1. The van der Waals surface area contributed by atoms with Crippen molar-refractivity contribution in [2.24, 2.45) is 16.5 Å². The summed E-state index contributed by atoms with van der Waals surface area (Å²) in [7, 11) is 0. The first-order valence-electron chi connectivity index (χ1n) is 11.9. The lowest BCUT2D eigenvalue weighted by Crippen LogP contribution is -2.42. The van der Waals surface area contributed by atoms with Crippen LogP contribution in [0.4, 0.5) is 17.2 Å². The number of nitrogens with two attached hydrogens (primary N) is 2. The number of carbonyl (C=O) groups is 2. The van der Waals surface area contributed by atoms with Gasteiger partial charge in [-0.15, -0.1) is 0 Å². The first kappa shape index (κ1) is 27.6. The highest BCUT2D eigenvalue weighted by Crippen LogP contribution is 2.39. The second kappa shape index (κ2) is 11.1. The van der Waals surface area contributed by atoms with Crippen LogP contribution in [0.25, 0.3) is 0 Å². The quantitative estimate of drug-likeness (QED) is 0.164. The highest BCUT2D eigenvalue weighted by molar-refractivity contribution is 6.03. The van der Waals surface area contributed by atoms with Gasteiger partial charge in [0.05, 0.1) is 23.9 Å². The number of aliphatic hydroxyl groups is 1. The maximum absolute atomic E-state index is 12.9. The first-order chi connectivity index (χ1) is 19.0. The van der Waals surface area contributed by atoms with Crippen molar-refractivity contribution in [1.29, 1.82) is 5.26 Å². The molecular formula is C26H26N8O6. The van der Waals surface area contributed by atoms with Crippen molar-refractivity contribution in [2.75, 3.05) is 17.2 Å². The number of nitrogens with one attached hydrogen (secondary N) is 2. The van der Waals surface area contributed by atoms with Crippen LogP contribution in [0, 0.1) is 11.3 Å². The smallest absolute Gasteiger partial charge is 0.342 e. The molecule has 3 aromatic rings. The fourth-order valence-electron chi connectivity index (χ4n) is 3.48. The number of rotatable bonds is 7. The Hall–Kier alpha value is -5.42. The van der Waals surface area contributed by atoms with Gasteiger partial charge in [-0.1, -0.05) is 6.07 Å². The zero-order chi connectivity index (χ0) is 29.0. The summed E-state index contributed by atoms with van der Waals surface area (Å²) >= 11 is 0. The topological polar surface area (TPSA) is 220 Å². The van der Waals surface area contributed by atoms with Crippen LogP contribution in [0.15, 0.2) is 47.5 Å². The Bertz CT molecular complexity index is 1540. The molecule has 2 heterocycles. The monoisotopic (exact) mass is 546 g/mol. The number of ether oxygens (including phenoxy) is 3. The summed E-state index contributed by atoms with van der Waals surface area (Å²) in [5.74, 6) is -1.34. The number of hydrogen-bond donors (Lipinski definition) is 5. The summed E-state index contributed by atoms with van der Waals surface area (Å²) in [5, 5.41) is 24.4. The fourth-order valence-corrected chi connectivity index (χ4v) is 3.48. The molecule has 1 atom stereocenters. The number of aromatic nitrogens is 2. The van der Waals surface area contributed by atoms with Gasteiger partial charge < -0.3 is 41.4 Å². The molecule has 4 rings (SSSR count). The minimum Gasteiger partial charge on any atom is -0.456 e. The summed E-state index contributed by atoms with van der Waals surface area (Å²) < 4.78 is 17.3. The number of amides is 1. The normalized spacial score (nSPS) is 14.1. The van der Waals surface area contributed by atoms with Crippen LogP contribution in [-0.2, 0) is 9.53 Å². The molecule has 40 heavy (non-hydrogen) atoms. The van der Waals surface area contributed by atoms with E-state index < -0.39 is 30.1 Å². The Morgan fingerprint density at radius 2 is 1.95 bits per heavy atom. The van der Waals surface area contributed by atoms with Crippen molar-refractivity contribution in [3.63, 3.8) is 0 Å². The maximum Gasteiger partial charge on any atom is 0.342 e. The van der Waals surface area contributed by atoms with Crippen LogP contribution >= 0.6 is 0 Å². The van der Waals surface area contributed by atoms with Crippen LogP contribution in [0.3, 0.4) is 0 Å². The molecule has 1 aliphatic rings. The number of aliphatic hydroxyl groups excluding tert-OH is 1. The number of nitriles is 1. The van der Waals surface area contributed by atoms with Gasteiger partial charge in [0.2, 0.25) is 5.91 Å². The summed E-state index contributed by atoms with van der Waals surface area (Å²) in [5.41, 5.74) is 10.7. The van der Waals surface area contributed by atoms with Gasteiger partial charge in [-0.25, -0.2) is 9.79 Å². The van der Waals surface area contributed by atoms with Crippen LogP contribution < -0.4 is 31.6 Å². The van der Waals surface area contributed by atoms with Crippen molar-refractivity contribution in [1.82, 2.24) is 9.97 Å². The Morgan fingerprint density at radius 3 is 2.62 bits per heavy atom. The molecule has 0 radical (unpaired) electrons. The molecule has 1 amide bonds. The lowest BCUT2D eigenvalue weighted by atomic mass is 10.1. The standard InChI is InChI=1S/C26H26N8O6/c1-26(2,3)40-23(37)16-8-7-13(11-27)9-18(16)39-22-19-20(31-17(12-35)21(36)32-19)33-25(34-22)38-15-6-4-5-14(10-15)30-24(28)29/h4-10,17,35H,12H2,1-3H3,(H,32,36)(H4,28,29,30)(H,31,33,34). The number of aliphatic imine (C=N–C) groups is 1. The molecule has 0 bridgehead atoms. The predicted molar refractivity (Wildman–Crippen MR) is 144 cm³/mol. The molecule has 0 spiro atoms. The number of hydrogen-bond acceptors (Lipinski definition) is 11. The Kier molecular flexibility index (Phi) is 7.69. The molecule has 14 nitrogen and oxygen atoms in total. The van der Waals surface area contributed by atoms with E-state index in [0.29, 0.717) is 5.69 Å². The van der Waals surface area contributed by atoms with E-state index in [4.69, 9.17) is 25.7 Å². The van der Waals surface area contributed by atoms with Crippen LogP contribution in [0.5, 0.6) is 23.4 Å². The third kappa shape index (κ3) is 6.52. The van der Waals surface area contributed by atoms with Crippen molar-refractivity contribution < 1.29 is 28.9 Å². The molecule has 0 aliphatic carbocycles. The lowest BCUT2D eigenvalue weighted by Gasteiger charge is -2.26. The molecule has 1 unspecified atom stereocenters. The van der Waals surface area contributed by atoms with Gasteiger partial charge >= 0.3 is 12.0 Å². The Morgan fingerprint density at radius 1 is 1.18 bits per heavy atom. The second-order valence-corrected chi connectivity index (χ2v) is 9.47. The van der Waals surface area contributed by atoms with Crippen molar-refractivity contribution in [3.8, 4) is 29.5 Å². The van der Waals surface area contributed by atoms with Gasteiger partial charge in [-0.3, -0.25) is 4.79 Å². The number of anilines is 2. The number of esters is 1. The van der Waals surface area contributed by atoms with Gasteiger partial charge in [-0.05, 0) is 51.1 Å². The molecule has 7 N–H and O–H groups in total. The van der Waals surface area contributed by atoms with Crippen LogP contribution in [0.2, 0.25) is 0 Å². The molecule has 0 saturated carbocycles. The van der Waals surface area contributed by atoms with E-state index in [0.717, 1.165) is 0 Å². The highest BCUT2D eigenvalue weighted by atomic mass is 16.6. The van der Waals surface area contributed by atoms with Crippen molar-refractivity contribution in [2.45, 2.75) is 32.4 Å². The average Bonchev–Trinajstić information content (AvgIpc) is 2.87. The SMILES string of the molecule is CC(C)(C)OC(=O)c1ccc(C#N)cc1Oc1nc(Oc2cccc(N=C(N)N)c2)nc2c1NC(=O)C(CO)N2. The summed E-state index contributed by atoms with van der Waals surface area (Å²) in [6, 6.07) is 11.4. The second-order valence-electron chi connectivity index (χ2n) is 9.47. The van der Waals surface area contributed by atoms with Gasteiger partial charge in [0.15, 0.2) is 11.8 Å². The number of carbonyl (C=O) groups excluding carboxylic acids is 2. The molecule has 14 heteroatoms. The number of fused-ring (bicyclic) bond motifs is 1. The molecule has 1 aromatic heterocycles. The molecule has 206 valence electrons. The van der Waals surface area contributed by atoms with Crippen LogP contribution in [0.1, 0.15) is 36.7 Å². The summed E-state index contributed by atoms with van der Waals surface area (Å²) in [6.45, 7) is 4.61. The van der Waals surface area contributed by atoms with Gasteiger partial charge in [-0.2, -0.15) is 15.2 Å². The first-order valence-corrected chi connectivity index (χ1v) is 11.9. The lowest BCUT2D eigenvalue weighted by molar-refractivity contribution is -0.117. The number of nitrogens with zero attached hydrogens (tertiary/aromatic N) is 4. The number of benzene rings is 2. The Labute approximate surface area is 228 Å². The fraction of sp³-hybridized carbons (Fsp3) is 0.231. The third-order valence-corrected chi connectivity index (χ3v) is 5.13. The van der Waals surface area contributed by atoms with Gasteiger partial charge in [0.1, 0.15) is 34.4 Å². The summed E-state index contributed by atoms with van der Waals surface area (Å²) in [4.78, 5) is 38.0.